The van der Waals surface area contributed by atoms with Gasteiger partial charge < -0.3 is 9.32 Å². The van der Waals surface area contributed by atoms with Crippen molar-refractivity contribution in [2.45, 2.75) is 25.2 Å². The van der Waals surface area contributed by atoms with E-state index in [1.54, 1.807) is 4.90 Å². The second-order valence-electron chi connectivity index (χ2n) is 6.56. The molecule has 1 amide bonds. The number of nitrogens with one attached hydrogen (secondary N) is 1. The number of hydrogen-bond donors (Lipinski definition) is 1. The molecule has 0 bridgehead atoms. The largest absolute Gasteiger partial charge is 0.417 e. The summed E-state index contributed by atoms with van der Waals surface area (Å²) in [5.74, 6) is -0.288. The third-order valence-electron chi connectivity index (χ3n) is 4.20. The molecule has 3 rings (SSSR count). The van der Waals surface area contributed by atoms with Gasteiger partial charge in [0, 0.05) is 32.6 Å². The lowest BCUT2D eigenvalue weighted by molar-refractivity contribution is -0.133. The Bertz CT molecular complexity index is 936. The molecule has 136 valence electrons. The highest BCUT2D eigenvalue weighted by atomic mass is 32.2. The number of carbonyl (C=O) groups is 1. The minimum absolute atomic E-state index is 0.0597. The molecular weight excluding hydrogens is 346 g/mol. The van der Waals surface area contributed by atoms with Gasteiger partial charge in [-0.25, -0.2) is 13.2 Å². The fourth-order valence-corrected chi connectivity index (χ4v) is 4.35. The Hall–Kier alpha value is -2.13. The lowest BCUT2D eigenvalue weighted by Gasteiger charge is -2.34. The van der Waals surface area contributed by atoms with E-state index in [9.17, 15) is 18.0 Å². The number of fused-ring (bicyclic) bond motifs is 1. The summed E-state index contributed by atoms with van der Waals surface area (Å²) >= 11 is 0. The van der Waals surface area contributed by atoms with E-state index in [1.165, 1.54) is 22.5 Å². The molecule has 0 atom stereocenters. The van der Waals surface area contributed by atoms with Gasteiger partial charge in [0.2, 0.25) is 15.9 Å². The van der Waals surface area contributed by atoms with Crippen molar-refractivity contribution in [3.05, 3.63) is 28.7 Å². The molecule has 0 radical (unpaired) electrons. The van der Waals surface area contributed by atoms with E-state index in [1.807, 2.05) is 13.8 Å². The van der Waals surface area contributed by atoms with Crippen molar-refractivity contribution >= 4 is 27.0 Å². The highest BCUT2D eigenvalue weighted by Crippen LogP contribution is 2.21. The number of aromatic nitrogens is 1. The van der Waals surface area contributed by atoms with Crippen molar-refractivity contribution in [3.63, 3.8) is 0 Å². The molecule has 9 heteroatoms. The maximum atomic E-state index is 12.8. The number of benzene rings is 1. The first kappa shape index (κ1) is 17.7. The molecule has 0 unspecified atom stereocenters. The first-order chi connectivity index (χ1) is 11.8. The van der Waals surface area contributed by atoms with E-state index in [2.05, 4.69) is 4.98 Å². The van der Waals surface area contributed by atoms with E-state index in [-0.39, 0.29) is 29.8 Å². The van der Waals surface area contributed by atoms with E-state index in [0.29, 0.717) is 30.6 Å². The van der Waals surface area contributed by atoms with Crippen molar-refractivity contribution < 1.29 is 17.6 Å². The summed E-state index contributed by atoms with van der Waals surface area (Å²) in [6.07, 6.45) is 0.470. The molecule has 1 aromatic carbocycles. The number of nitrogens with zero attached hydrogens (tertiary/aromatic N) is 2. The van der Waals surface area contributed by atoms with Gasteiger partial charge in [-0.1, -0.05) is 13.8 Å². The van der Waals surface area contributed by atoms with Crippen LogP contribution in [0.1, 0.15) is 20.3 Å². The molecule has 8 nitrogen and oxygen atoms in total. The molecule has 1 aliphatic heterocycles. The third-order valence-corrected chi connectivity index (χ3v) is 6.10. The summed E-state index contributed by atoms with van der Waals surface area (Å²) in [6.45, 7) is 5.24. The first-order valence-corrected chi connectivity index (χ1v) is 9.62. The molecular formula is C16H21N3O5S. The summed E-state index contributed by atoms with van der Waals surface area (Å²) in [5, 5.41) is 0. The maximum absolute atomic E-state index is 12.8. The SMILES string of the molecule is CC(C)CC(=O)N1CCN(S(=O)(=O)c2ccc3oc(=O)[nH]c3c2)CC1. The van der Waals surface area contributed by atoms with Gasteiger partial charge in [-0.2, -0.15) is 4.31 Å². The van der Waals surface area contributed by atoms with Gasteiger partial charge >= 0.3 is 5.76 Å². The zero-order chi connectivity index (χ0) is 18.2. The summed E-state index contributed by atoms with van der Waals surface area (Å²) in [4.78, 5) is 27.6. The zero-order valence-corrected chi connectivity index (χ0v) is 15.0. The summed E-state index contributed by atoms with van der Waals surface area (Å²) in [6, 6.07) is 4.28. The number of oxazole rings is 1. The van der Waals surface area contributed by atoms with Crippen LogP contribution in [0.25, 0.3) is 11.1 Å². The Morgan fingerprint density at radius 2 is 1.92 bits per heavy atom. The third kappa shape index (κ3) is 3.62. The summed E-state index contributed by atoms with van der Waals surface area (Å²) in [7, 11) is -3.68. The van der Waals surface area contributed by atoms with Crippen molar-refractivity contribution in [2.75, 3.05) is 26.2 Å². The number of amides is 1. The van der Waals surface area contributed by atoms with Crippen LogP contribution in [-0.2, 0) is 14.8 Å². The molecule has 0 spiro atoms. The topological polar surface area (TPSA) is 104 Å². The molecule has 25 heavy (non-hydrogen) atoms. The normalized spacial score (nSPS) is 16.7. The number of piperazine rings is 1. The molecule has 1 aliphatic rings. The van der Waals surface area contributed by atoms with E-state index < -0.39 is 15.8 Å². The average Bonchev–Trinajstić information content (AvgIpc) is 2.93. The van der Waals surface area contributed by atoms with Crippen LogP contribution >= 0.6 is 0 Å². The summed E-state index contributed by atoms with van der Waals surface area (Å²) < 4.78 is 31.8. The monoisotopic (exact) mass is 367 g/mol. The standard InChI is InChI=1S/C16H21N3O5S/c1-11(2)9-15(20)18-5-7-19(8-6-18)25(22,23)12-3-4-14-13(10-12)17-16(21)24-14/h3-4,10-11H,5-9H2,1-2H3,(H,17,21). The number of rotatable bonds is 4. The maximum Gasteiger partial charge on any atom is 0.417 e. The second kappa shape index (κ2) is 6.64. The number of aromatic amines is 1. The van der Waals surface area contributed by atoms with E-state index in [0.717, 1.165) is 0 Å². The van der Waals surface area contributed by atoms with Gasteiger partial charge in [0.1, 0.15) is 0 Å². The number of sulfonamides is 1. The quantitative estimate of drug-likeness (QED) is 0.868. The highest BCUT2D eigenvalue weighted by Gasteiger charge is 2.30. The van der Waals surface area contributed by atoms with Crippen LogP contribution < -0.4 is 5.76 Å². The Morgan fingerprint density at radius 1 is 1.24 bits per heavy atom. The predicted molar refractivity (Wildman–Crippen MR) is 91.6 cm³/mol. The van der Waals surface area contributed by atoms with Gasteiger partial charge in [0.15, 0.2) is 5.58 Å². The lowest BCUT2D eigenvalue weighted by atomic mass is 10.1. The van der Waals surface area contributed by atoms with Crippen LogP contribution in [0.5, 0.6) is 0 Å². The number of H-pyrrole nitrogens is 1. The van der Waals surface area contributed by atoms with Gasteiger partial charge in [-0.3, -0.25) is 9.78 Å². The minimum Gasteiger partial charge on any atom is -0.408 e. The van der Waals surface area contributed by atoms with E-state index >= 15 is 0 Å². The molecule has 0 saturated carbocycles. The summed E-state index contributed by atoms with van der Waals surface area (Å²) in [5.41, 5.74) is 0.657. The molecule has 0 aliphatic carbocycles. The van der Waals surface area contributed by atoms with Crippen LogP contribution in [-0.4, -0.2) is 54.7 Å². The Kier molecular flexibility index (Phi) is 4.70. The van der Waals surface area contributed by atoms with Gasteiger partial charge in [0.05, 0.1) is 10.4 Å². The smallest absolute Gasteiger partial charge is 0.408 e. The van der Waals surface area contributed by atoms with Gasteiger partial charge in [-0.15, -0.1) is 0 Å². The molecule has 1 saturated heterocycles. The van der Waals surface area contributed by atoms with Crippen molar-refractivity contribution in [1.29, 1.82) is 0 Å². The van der Waals surface area contributed by atoms with Crippen LogP contribution in [0.2, 0.25) is 0 Å². The van der Waals surface area contributed by atoms with Crippen molar-refractivity contribution in [3.8, 4) is 0 Å². The predicted octanol–water partition coefficient (Wildman–Crippen LogP) is 1.00. The second-order valence-corrected chi connectivity index (χ2v) is 8.49. The molecule has 1 N–H and O–H groups in total. The number of carbonyl (C=O) groups excluding carboxylic acids is 1. The van der Waals surface area contributed by atoms with Crippen LogP contribution in [0.15, 0.2) is 32.3 Å². The average molecular weight is 367 g/mol. The Morgan fingerprint density at radius 3 is 2.56 bits per heavy atom. The fourth-order valence-electron chi connectivity index (χ4n) is 2.90. The van der Waals surface area contributed by atoms with Crippen LogP contribution in [0.4, 0.5) is 0 Å². The van der Waals surface area contributed by atoms with Gasteiger partial charge in [-0.05, 0) is 24.1 Å². The number of hydrogen-bond acceptors (Lipinski definition) is 5. The minimum atomic E-state index is -3.68. The highest BCUT2D eigenvalue weighted by molar-refractivity contribution is 7.89. The molecule has 2 aromatic rings. The van der Waals surface area contributed by atoms with Crippen LogP contribution in [0.3, 0.4) is 0 Å². The molecule has 1 fully saturated rings. The Balaban J connectivity index is 1.74. The van der Waals surface area contributed by atoms with Crippen molar-refractivity contribution in [1.82, 2.24) is 14.2 Å². The molecule has 1 aromatic heterocycles. The van der Waals surface area contributed by atoms with Gasteiger partial charge in [0.25, 0.3) is 0 Å². The molecule has 2 heterocycles. The zero-order valence-electron chi connectivity index (χ0n) is 14.2. The Labute approximate surface area is 145 Å². The van der Waals surface area contributed by atoms with Crippen molar-refractivity contribution in [2.24, 2.45) is 5.92 Å². The van der Waals surface area contributed by atoms with Crippen LogP contribution in [0, 0.1) is 5.92 Å². The van der Waals surface area contributed by atoms with E-state index in [4.69, 9.17) is 4.42 Å². The fraction of sp³-hybridized carbons (Fsp3) is 0.500. The lowest BCUT2D eigenvalue weighted by Crippen LogP contribution is -2.50. The first-order valence-electron chi connectivity index (χ1n) is 8.18.